The lowest BCUT2D eigenvalue weighted by atomic mass is 10.1. The average Bonchev–Trinajstić information content (AvgIpc) is 2.35. The molecule has 0 saturated heterocycles. The van der Waals surface area contributed by atoms with Crippen molar-refractivity contribution in [2.24, 2.45) is 0 Å². The molecule has 0 heterocycles. The first kappa shape index (κ1) is 13.1. The van der Waals surface area contributed by atoms with Gasteiger partial charge in [-0.05, 0) is 37.1 Å². The third-order valence-corrected chi connectivity index (χ3v) is 2.86. The summed E-state index contributed by atoms with van der Waals surface area (Å²) in [4.78, 5) is 0. The zero-order chi connectivity index (χ0) is 12.0. The first-order valence-corrected chi connectivity index (χ1v) is 5.74. The van der Waals surface area contributed by atoms with Crippen LogP contribution in [0.25, 0.3) is 0 Å². The predicted octanol–water partition coefficient (Wildman–Crippen LogP) is 3.49. The molecule has 0 amide bonds. The normalized spacial score (nSPS) is 13.6. The van der Waals surface area contributed by atoms with E-state index in [1.165, 1.54) is 5.56 Å². The smallest absolute Gasteiger partial charge is 0.118 e. The quantitative estimate of drug-likeness (QED) is 0.850. The van der Waals surface area contributed by atoms with Gasteiger partial charge in [-0.2, -0.15) is 0 Å². The molecular weight excluding hydrogens is 222 g/mol. The molecule has 3 heteroatoms. The first-order valence-electron chi connectivity index (χ1n) is 5.30. The Morgan fingerprint density at radius 3 is 2.56 bits per heavy atom. The Kier molecular flexibility index (Phi) is 5.36. The standard InChI is InChI=1S/C13H18ClNO/c1-10(8-14)9-15-11(2)12-4-6-13(16-3)7-5-12/h4-8,11,15H,9H2,1-3H3/b10-8+/t11-/m0/s1. The summed E-state index contributed by atoms with van der Waals surface area (Å²) >= 11 is 5.60. The Hall–Kier alpha value is -0.990. The van der Waals surface area contributed by atoms with Gasteiger partial charge in [0.2, 0.25) is 0 Å². The van der Waals surface area contributed by atoms with Gasteiger partial charge in [0.15, 0.2) is 0 Å². The van der Waals surface area contributed by atoms with Crippen LogP contribution in [0.1, 0.15) is 25.5 Å². The highest BCUT2D eigenvalue weighted by molar-refractivity contribution is 6.25. The van der Waals surface area contributed by atoms with Crippen molar-refractivity contribution < 1.29 is 4.74 Å². The van der Waals surface area contributed by atoms with Crippen molar-refractivity contribution >= 4 is 11.6 Å². The molecule has 0 aliphatic carbocycles. The molecule has 1 rings (SSSR count). The van der Waals surface area contributed by atoms with Gasteiger partial charge in [-0.1, -0.05) is 23.7 Å². The maximum Gasteiger partial charge on any atom is 0.118 e. The Morgan fingerprint density at radius 2 is 2.06 bits per heavy atom. The molecule has 0 bridgehead atoms. The number of benzene rings is 1. The van der Waals surface area contributed by atoms with E-state index in [2.05, 4.69) is 24.4 Å². The van der Waals surface area contributed by atoms with Crippen molar-refractivity contribution in [3.05, 3.63) is 40.9 Å². The van der Waals surface area contributed by atoms with Crippen molar-refractivity contribution in [2.75, 3.05) is 13.7 Å². The number of nitrogens with one attached hydrogen (secondary N) is 1. The third-order valence-electron chi connectivity index (χ3n) is 2.49. The molecule has 2 nitrogen and oxygen atoms in total. The molecule has 0 aliphatic rings. The maximum absolute atomic E-state index is 5.60. The van der Waals surface area contributed by atoms with Gasteiger partial charge in [-0.3, -0.25) is 0 Å². The van der Waals surface area contributed by atoms with Gasteiger partial charge < -0.3 is 10.1 Å². The van der Waals surface area contributed by atoms with E-state index in [-0.39, 0.29) is 0 Å². The zero-order valence-electron chi connectivity index (χ0n) is 9.96. The molecule has 1 N–H and O–H groups in total. The second-order valence-electron chi connectivity index (χ2n) is 3.83. The Morgan fingerprint density at radius 1 is 1.44 bits per heavy atom. The lowest BCUT2D eigenvalue weighted by Gasteiger charge is -2.14. The molecule has 0 unspecified atom stereocenters. The van der Waals surface area contributed by atoms with Crippen molar-refractivity contribution in [2.45, 2.75) is 19.9 Å². The highest BCUT2D eigenvalue weighted by Gasteiger charge is 2.04. The highest BCUT2D eigenvalue weighted by Crippen LogP contribution is 2.17. The predicted molar refractivity (Wildman–Crippen MR) is 69.0 cm³/mol. The molecule has 1 aromatic rings. The van der Waals surface area contributed by atoms with Gasteiger partial charge >= 0.3 is 0 Å². The van der Waals surface area contributed by atoms with Crippen LogP contribution in [0, 0.1) is 0 Å². The molecule has 0 spiro atoms. The number of methoxy groups -OCH3 is 1. The Balaban J connectivity index is 2.55. The monoisotopic (exact) mass is 239 g/mol. The van der Waals surface area contributed by atoms with Crippen LogP contribution in [-0.2, 0) is 0 Å². The summed E-state index contributed by atoms with van der Waals surface area (Å²) in [5.74, 6) is 0.882. The Bertz CT molecular complexity index is 345. The van der Waals surface area contributed by atoms with Crippen molar-refractivity contribution in [3.8, 4) is 5.75 Å². The third kappa shape index (κ3) is 3.87. The van der Waals surface area contributed by atoms with Crippen LogP contribution >= 0.6 is 11.6 Å². The number of rotatable bonds is 5. The summed E-state index contributed by atoms with van der Waals surface area (Å²) in [5.41, 5.74) is 3.97. The number of hydrogen-bond acceptors (Lipinski definition) is 2. The summed E-state index contributed by atoms with van der Waals surface area (Å²) in [6.45, 7) is 4.93. The maximum atomic E-state index is 5.60. The van der Waals surface area contributed by atoms with Gasteiger partial charge in [0.25, 0.3) is 0 Å². The zero-order valence-corrected chi connectivity index (χ0v) is 10.7. The molecule has 0 fully saturated rings. The number of ether oxygens (including phenoxy) is 1. The molecule has 0 aromatic heterocycles. The van der Waals surface area contributed by atoms with Crippen LogP contribution in [0.15, 0.2) is 35.4 Å². The summed E-state index contributed by atoms with van der Waals surface area (Å²) in [5, 5.41) is 3.39. The minimum atomic E-state index is 0.303. The van der Waals surface area contributed by atoms with Crippen molar-refractivity contribution in [3.63, 3.8) is 0 Å². The topological polar surface area (TPSA) is 21.3 Å². The lowest BCUT2D eigenvalue weighted by molar-refractivity contribution is 0.414. The second-order valence-corrected chi connectivity index (χ2v) is 4.05. The molecule has 88 valence electrons. The molecule has 0 aliphatic heterocycles. The molecule has 0 radical (unpaired) electrons. The fourth-order valence-electron chi connectivity index (χ4n) is 1.36. The van der Waals surface area contributed by atoms with Crippen LogP contribution in [-0.4, -0.2) is 13.7 Å². The average molecular weight is 240 g/mol. The molecular formula is C13H18ClNO. The van der Waals surface area contributed by atoms with Crippen molar-refractivity contribution in [1.82, 2.24) is 5.32 Å². The van der Waals surface area contributed by atoms with Gasteiger partial charge in [-0.25, -0.2) is 0 Å². The molecule has 1 atom stereocenters. The van der Waals surface area contributed by atoms with E-state index in [9.17, 15) is 0 Å². The van der Waals surface area contributed by atoms with Gasteiger partial charge in [0, 0.05) is 18.1 Å². The minimum absolute atomic E-state index is 0.303. The van der Waals surface area contributed by atoms with E-state index < -0.39 is 0 Å². The van der Waals surface area contributed by atoms with Gasteiger partial charge in [0.05, 0.1) is 7.11 Å². The van der Waals surface area contributed by atoms with Crippen LogP contribution in [0.5, 0.6) is 5.75 Å². The summed E-state index contributed by atoms with van der Waals surface area (Å²) in [7, 11) is 1.67. The second kappa shape index (κ2) is 6.56. The highest BCUT2D eigenvalue weighted by atomic mass is 35.5. The summed E-state index contributed by atoms with van der Waals surface area (Å²) in [6, 6.07) is 8.37. The van der Waals surface area contributed by atoms with E-state index in [1.54, 1.807) is 12.6 Å². The lowest BCUT2D eigenvalue weighted by Crippen LogP contribution is -2.20. The van der Waals surface area contributed by atoms with E-state index >= 15 is 0 Å². The summed E-state index contributed by atoms with van der Waals surface area (Å²) in [6.07, 6.45) is 0. The first-order chi connectivity index (χ1) is 7.67. The molecule has 16 heavy (non-hydrogen) atoms. The van der Waals surface area contributed by atoms with E-state index in [0.717, 1.165) is 17.9 Å². The molecule has 1 aromatic carbocycles. The van der Waals surface area contributed by atoms with Crippen LogP contribution in [0.2, 0.25) is 0 Å². The van der Waals surface area contributed by atoms with Crippen molar-refractivity contribution in [1.29, 1.82) is 0 Å². The minimum Gasteiger partial charge on any atom is -0.497 e. The SMILES string of the molecule is COc1ccc([C@H](C)NC/C(C)=C/Cl)cc1. The van der Waals surface area contributed by atoms with Crippen LogP contribution < -0.4 is 10.1 Å². The number of halogens is 1. The van der Waals surface area contributed by atoms with Crippen LogP contribution in [0.4, 0.5) is 0 Å². The van der Waals surface area contributed by atoms with Gasteiger partial charge in [-0.15, -0.1) is 0 Å². The molecule has 0 saturated carbocycles. The largest absolute Gasteiger partial charge is 0.497 e. The van der Waals surface area contributed by atoms with E-state index in [1.807, 2.05) is 19.1 Å². The van der Waals surface area contributed by atoms with E-state index in [0.29, 0.717) is 6.04 Å². The summed E-state index contributed by atoms with van der Waals surface area (Å²) < 4.78 is 5.12. The number of hydrogen-bond donors (Lipinski definition) is 1. The van der Waals surface area contributed by atoms with E-state index in [4.69, 9.17) is 16.3 Å². The fraction of sp³-hybridized carbons (Fsp3) is 0.385. The van der Waals surface area contributed by atoms with Crippen LogP contribution in [0.3, 0.4) is 0 Å². The Labute approximate surface area is 102 Å². The fourth-order valence-corrected chi connectivity index (χ4v) is 1.44. The van der Waals surface area contributed by atoms with Gasteiger partial charge in [0.1, 0.15) is 5.75 Å².